The normalized spacial score (nSPS) is 31.9. The van der Waals surface area contributed by atoms with E-state index in [0.717, 1.165) is 47.3 Å². The Bertz CT molecular complexity index is 588. The molecule has 166 valence electrons. The first-order chi connectivity index (χ1) is 13.7. The van der Waals surface area contributed by atoms with E-state index in [1.165, 1.54) is 57.8 Å². The molecule has 0 saturated heterocycles. The van der Waals surface area contributed by atoms with Crippen LogP contribution in [-0.2, 0) is 0 Å². The van der Waals surface area contributed by atoms with Gasteiger partial charge in [-0.15, -0.1) is 0 Å². The molecule has 2 saturated carbocycles. The molecule has 0 spiro atoms. The Labute approximate surface area is 183 Å². The lowest BCUT2D eigenvalue weighted by molar-refractivity contribution is 0.223. The van der Waals surface area contributed by atoms with E-state index in [-0.39, 0.29) is 0 Å². The largest absolute Gasteiger partial charge is 0.0679 e. The summed E-state index contributed by atoms with van der Waals surface area (Å²) in [6, 6.07) is 0. The van der Waals surface area contributed by atoms with Crippen molar-refractivity contribution in [1.29, 1.82) is 0 Å². The second-order valence-corrected chi connectivity index (χ2v) is 11.9. The van der Waals surface area contributed by atoms with Crippen LogP contribution in [0.3, 0.4) is 0 Å². The zero-order valence-electron chi connectivity index (χ0n) is 21.0. The molecule has 0 aromatic heterocycles. The quantitative estimate of drug-likeness (QED) is 0.414. The van der Waals surface area contributed by atoms with Gasteiger partial charge >= 0.3 is 0 Å². The molecule has 0 radical (unpaired) electrons. The highest BCUT2D eigenvalue weighted by Crippen LogP contribution is 2.53. The highest BCUT2D eigenvalue weighted by atomic mass is 14.5. The highest BCUT2D eigenvalue weighted by Gasteiger charge is 2.40. The van der Waals surface area contributed by atoms with Gasteiger partial charge in [0.2, 0.25) is 0 Å². The molecular formula is C29H50. The fraction of sp³-hybridized carbons (Fsp3) is 0.862. The van der Waals surface area contributed by atoms with Crippen molar-refractivity contribution in [3.63, 3.8) is 0 Å². The highest BCUT2D eigenvalue weighted by molar-refractivity contribution is 5.31. The van der Waals surface area contributed by atoms with Gasteiger partial charge in [-0.1, -0.05) is 90.5 Å². The summed E-state index contributed by atoms with van der Waals surface area (Å²) in [4.78, 5) is 0. The zero-order chi connectivity index (χ0) is 21.3. The molecule has 4 unspecified atom stereocenters. The maximum absolute atomic E-state index is 2.41. The van der Waals surface area contributed by atoms with Crippen molar-refractivity contribution in [2.75, 3.05) is 0 Å². The number of rotatable bonds is 4. The van der Waals surface area contributed by atoms with Crippen LogP contribution in [0, 0.1) is 47.3 Å². The third-order valence-corrected chi connectivity index (χ3v) is 8.67. The molecule has 4 rings (SSSR count). The van der Waals surface area contributed by atoms with Gasteiger partial charge in [-0.3, -0.25) is 0 Å². The molecule has 0 N–H and O–H groups in total. The van der Waals surface area contributed by atoms with Gasteiger partial charge in [0, 0.05) is 0 Å². The van der Waals surface area contributed by atoms with Crippen LogP contribution in [0.25, 0.3) is 0 Å². The Morgan fingerprint density at radius 2 is 1.07 bits per heavy atom. The minimum absolute atomic E-state index is 0.778. The van der Waals surface area contributed by atoms with Gasteiger partial charge in [-0.05, 0) is 92.3 Å². The summed E-state index contributed by atoms with van der Waals surface area (Å²) in [5, 5.41) is 0. The molecular weight excluding hydrogens is 348 g/mol. The Kier molecular flexibility index (Phi) is 7.77. The number of hydrogen-bond donors (Lipinski definition) is 0. The van der Waals surface area contributed by atoms with Crippen LogP contribution >= 0.6 is 0 Å². The second kappa shape index (κ2) is 9.74. The molecule has 0 nitrogen and oxygen atoms in total. The number of fused-ring (bicyclic) bond motifs is 3. The average Bonchev–Trinajstić information content (AvgIpc) is 3.28. The van der Waals surface area contributed by atoms with Crippen LogP contribution in [0.4, 0.5) is 0 Å². The van der Waals surface area contributed by atoms with Gasteiger partial charge < -0.3 is 0 Å². The Hall–Kier alpha value is -0.520. The van der Waals surface area contributed by atoms with E-state index in [0.29, 0.717) is 0 Å². The topological polar surface area (TPSA) is 0 Å². The molecule has 0 heteroatoms. The summed E-state index contributed by atoms with van der Waals surface area (Å²) in [5.41, 5.74) is 7.36. The fourth-order valence-electron chi connectivity index (χ4n) is 7.73. The van der Waals surface area contributed by atoms with E-state index < -0.39 is 0 Å². The lowest BCUT2D eigenvalue weighted by Crippen LogP contribution is -2.29. The van der Waals surface area contributed by atoms with E-state index in [9.17, 15) is 0 Å². The average molecular weight is 399 g/mol. The van der Waals surface area contributed by atoms with Gasteiger partial charge in [-0.25, -0.2) is 0 Å². The standard InChI is InChI=1S/C16H28.C13H22/c1-11(2)14-10-9-13-7-5-6-8-15(13)16(14)12(3)4;1-8(2)12-10-5-6-11(7-10)13(12)9(3)4/h11-13,15H,5-10H2,1-4H3;8-11H,5-7H2,1-4H3. The summed E-state index contributed by atoms with van der Waals surface area (Å²) >= 11 is 0. The minimum Gasteiger partial charge on any atom is -0.0679 e. The molecule has 0 aromatic rings. The van der Waals surface area contributed by atoms with E-state index >= 15 is 0 Å². The molecule has 0 heterocycles. The molecule has 2 bridgehead atoms. The summed E-state index contributed by atoms with van der Waals surface area (Å²) in [7, 11) is 0. The van der Waals surface area contributed by atoms with Crippen LogP contribution < -0.4 is 0 Å². The van der Waals surface area contributed by atoms with Crippen LogP contribution in [-0.4, -0.2) is 0 Å². The minimum atomic E-state index is 0.778. The molecule has 0 amide bonds. The molecule has 0 aromatic carbocycles. The Morgan fingerprint density at radius 3 is 1.55 bits per heavy atom. The van der Waals surface area contributed by atoms with Crippen molar-refractivity contribution in [3.8, 4) is 0 Å². The second-order valence-electron chi connectivity index (χ2n) is 11.9. The summed E-state index contributed by atoms with van der Waals surface area (Å²) in [5.74, 6) is 7.10. The van der Waals surface area contributed by atoms with Crippen LogP contribution in [0.5, 0.6) is 0 Å². The summed E-state index contributed by atoms with van der Waals surface area (Å²) in [6.45, 7) is 19.1. The lowest BCUT2D eigenvalue weighted by Gasteiger charge is -2.41. The fourth-order valence-corrected chi connectivity index (χ4v) is 7.73. The third kappa shape index (κ3) is 4.88. The van der Waals surface area contributed by atoms with Gasteiger partial charge in [0.15, 0.2) is 0 Å². The van der Waals surface area contributed by atoms with Gasteiger partial charge in [0.25, 0.3) is 0 Å². The predicted molar refractivity (Wildman–Crippen MR) is 129 cm³/mol. The number of allylic oxidation sites excluding steroid dienone is 4. The summed E-state index contributed by atoms with van der Waals surface area (Å²) < 4.78 is 0. The van der Waals surface area contributed by atoms with Crippen molar-refractivity contribution >= 4 is 0 Å². The van der Waals surface area contributed by atoms with Crippen molar-refractivity contribution in [3.05, 3.63) is 22.3 Å². The smallest absolute Gasteiger partial charge is 0.0169 e. The Balaban J connectivity index is 0.000000169. The molecule has 4 aliphatic carbocycles. The van der Waals surface area contributed by atoms with E-state index in [4.69, 9.17) is 0 Å². The molecule has 29 heavy (non-hydrogen) atoms. The molecule has 2 fully saturated rings. The maximum atomic E-state index is 2.41. The predicted octanol–water partition coefficient (Wildman–Crippen LogP) is 9.22. The summed E-state index contributed by atoms with van der Waals surface area (Å²) in [6.07, 6.45) is 13.3. The first kappa shape index (κ1) is 23.1. The SMILES string of the molecule is CC(C)C1=C(C(C)C)C2CCC1C2.CC(C)C1=C(C(C)C)C2CCCCC2CC1. The van der Waals surface area contributed by atoms with Crippen LogP contribution in [0.1, 0.15) is 113 Å². The monoisotopic (exact) mass is 398 g/mol. The van der Waals surface area contributed by atoms with Crippen molar-refractivity contribution in [2.45, 2.75) is 113 Å². The van der Waals surface area contributed by atoms with Crippen LogP contribution in [0.2, 0.25) is 0 Å². The van der Waals surface area contributed by atoms with E-state index in [2.05, 4.69) is 55.4 Å². The van der Waals surface area contributed by atoms with Crippen LogP contribution in [0.15, 0.2) is 22.3 Å². The van der Waals surface area contributed by atoms with Gasteiger partial charge in [-0.2, -0.15) is 0 Å². The van der Waals surface area contributed by atoms with Gasteiger partial charge in [0.05, 0.1) is 0 Å². The molecule has 0 aliphatic heterocycles. The lowest BCUT2D eigenvalue weighted by atomic mass is 9.64. The van der Waals surface area contributed by atoms with Crippen molar-refractivity contribution < 1.29 is 0 Å². The Morgan fingerprint density at radius 1 is 0.552 bits per heavy atom. The van der Waals surface area contributed by atoms with Crippen molar-refractivity contribution in [2.24, 2.45) is 47.3 Å². The first-order valence-electron chi connectivity index (χ1n) is 13.2. The maximum Gasteiger partial charge on any atom is -0.0169 e. The van der Waals surface area contributed by atoms with E-state index in [1.54, 1.807) is 0 Å². The number of hydrogen-bond acceptors (Lipinski definition) is 0. The third-order valence-electron chi connectivity index (χ3n) is 8.67. The first-order valence-corrected chi connectivity index (χ1v) is 13.2. The molecule has 4 aliphatic rings. The zero-order valence-corrected chi connectivity index (χ0v) is 21.0. The molecule has 4 atom stereocenters. The van der Waals surface area contributed by atoms with Gasteiger partial charge in [0.1, 0.15) is 0 Å². The van der Waals surface area contributed by atoms with E-state index in [1.807, 2.05) is 22.3 Å². The van der Waals surface area contributed by atoms with Crippen molar-refractivity contribution in [1.82, 2.24) is 0 Å².